The van der Waals surface area contributed by atoms with Crippen LogP contribution < -0.4 is 31.1 Å². The van der Waals surface area contributed by atoms with Crippen molar-refractivity contribution in [2.45, 2.75) is 0 Å². The zero-order valence-electron chi connectivity index (χ0n) is 49.3. The predicted octanol–water partition coefficient (Wildman–Crippen LogP) is 20.8. The highest BCUT2D eigenvalue weighted by Crippen LogP contribution is 2.51. The summed E-state index contributed by atoms with van der Waals surface area (Å²) in [5.74, 6) is 0. The second kappa shape index (κ2) is 23.0. The van der Waals surface area contributed by atoms with Crippen molar-refractivity contribution in [3.05, 3.63) is 351 Å². The zero-order valence-corrected chi connectivity index (χ0v) is 49.3. The van der Waals surface area contributed by atoms with E-state index in [1.807, 2.05) is 12.1 Å². The first-order valence-corrected chi connectivity index (χ1v) is 30.7. The van der Waals surface area contributed by atoms with Crippen molar-refractivity contribution in [2.75, 3.05) is 14.7 Å². The van der Waals surface area contributed by atoms with Gasteiger partial charge in [0.05, 0.1) is 11.3 Å². The maximum atomic E-state index is 11.3. The molecule has 14 aromatic carbocycles. The van der Waals surface area contributed by atoms with E-state index in [1.165, 1.54) is 16.4 Å². The molecule has 90 heavy (non-hydrogen) atoms. The van der Waals surface area contributed by atoms with Gasteiger partial charge in [0.15, 0.2) is 0 Å². The van der Waals surface area contributed by atoms with Gasteiger partial charge in [-0.15, -0.1) is 0 Å². The summed E-state index contributed by atoms with van der Waals surface area (Å²) in [7, 11) is 0. The summed E-state index contributed by atoms with van der Waals surface area (Å²) in [4.78, 5) is 7.50. The molecule has 0 spiro atoms. The molecule has 0 aromatic heterocycles. The van der Waals surface area contributed by atoms with Gasteiger partial charge in [-0.2, -0.15) is 5.26 Å². The highest BCUT2D eigenvalue weighted by Gasteiger charge is 2.45. The molecular formula is C85H57BN4. The standard InChI is InChI=1S/C85H57BN4/c87-58-77-75(64-36-18-6-19-37-64)55-73(56-76(77)65-38-20-7-21-39-65)89-81-52-68(61-30-12-3-13-31-61)46-48-78(81)86-79-49-47-72(88(70-42-24-40-66(50-70)59-26-8-1-9-27-59)71-43-25-41-67(51-71)60-28-10-2-11-29-60)57-82(79)90(80-45-23-22-44-74(80)63-34-16-5-17-35-63)84-54-69(53-83(89)85(84)86)62-32-14-4-15-33-62/h1-57H. The second-order valence-corrected chi connectivity index (χ2v) is 23.1. The van der Waals surface area contributed by atoms with Gasteiger partial charge < -0.3 is 14.7 Å². The Bertz CT molecular complexity index is 4870. The number of benzene rings is 14. The molecule has 0 saturated heterocycles. The second-order valence-electron chi connectivity index (χ2n) is 23.1. The van der Waals surface area contributed by atoms with Crippen LogP contribution in [0.25, 0.3) is 77.9 Å². The summed E-state index contributed by atoms with van der Waals surface area (Å²) in [5, 5.41) is 11.3. The molecule has 5 heteroatoms. The predicted molar refractivity (Wildman–Crippen MR) is 378 cm³/mol. The lowest BCUT2D eigenvalue weighted by Crippen LogP contribution is -2.61. The van der Waals surface area contributed by atoms with Crippen LogP contribution in [0.5, 0.6) is 0 Å². The average molecular weight is 1150 g/mol. The third-order valence-corrected chi connectivity index (χ3v) is 17.8. The van der Waals surface area contributed by atoms with Gasteiger partial charge in [-0.25, -0.2) is 0 Å². The Morgan fingerprint density at radius 3 is 1.11 bits per heavy atom. The van der Waals surface area contributed by atoms with Crippen LogP contribution in [0.4, 0.5) is 51.2 Å². The fourth-order valence-corrected chi connectivity index (χ4v) is 13.7. The van der Waals surface area contributed by atoms with Gasteiger partial charge in [0.25, 0.3) is 6.71 Å². The number of hydrogen-bond donors (Lipinski definition) is 0. The lowest BCUT2D eigenvalue weighted by molar-refractivity contribution is 1.24. The van der Waals surface area contributed by atoms with Crippen LogP contribution in [0, 0.1) is 11.3 Å². The van der Waals surface area contributed by atoms with Crippen LogP contribution in [0.3, 0.4) is 0 Å². The van der Waals surface area contributed by atoms with E-state index in [9.17, 15) is 5.26 Å². The molecular weight excluding hydrogens is 1090 g/mol. The fourth-order valence-electron chi connectivity index (χ4n) is 13.7. The van der Waals surface area contributed by atoms with Crippen molar-refractivity contribution in [3.8, 4) is 84.0 Å². The van der Waals surface area contributed by atoms with E-state index in [0.29, 0.717) is 5.56 Å². The van der Waals surface area contributed by atoms with Crippen LogP contribution in [-0.4, -0.2) is 6.71 Å². The number of nitrogens with zero attached hydrogens (tertiary/aromatic N) is 4. The minimum absolute atomic E-state index is 0.225. The molecule has 0 fully saturated rings. The van der Waals surface area contributed by atoms with Crippen molar-refractivity contribution in [1.29, 1.82) is 5.26 Å². The van der Waals surface area contributed by atoms with E-state index < -0.39 is 0 Å². The number of nitriles is 1. The SMILES string of the molecule is N#Cc1c(-c2ccccc2)cc(N2c3cc(-c4ccccc4)ccc3B3c4ccc(N(c5cccc(-c6ccccc6)c5)c5cccc(-c6ccccc6)c5)cc4N(c4ccccc4-c4ccccc4)c4cc(-c5ccccc5)cc2c43)cc1-c1ccccc1. The van der Waals surface area contributed by atoms with Gasteiger partial charge >= 0.3 is 0 Å². The van der Waals surface area contributed by atoms with Crippen molar-refractivity contribution in [3.63, 3.8) is 0 Å². The Morgan fingerprint density at radius 1 is 0.256 bits per heavy atom. The first-order valence-electron chi connectivity index (χ1n) is 30.7. The van der Waals surface area contributed by atoms with Gasteiger partial charge in [0.1, 0.15) is 6.07 Å². The Labute approximate surface area is 526 Å². The molecule has 0 amide bonds. The van der Waals surface area contributed by atoms with E-state index in [0.717, 1.165) is 129 Å². The van der Waals surface area contributed by atoms with Crippen LogP contribution in [0.2, 0.25) is 0 Å². The number of anilines is 9. The zero-order chi connectivity index (χ0) is 59.9. The Kier molecular flexibility index (Phi) is 13.7. The molecule has 16 rings (SSSR count). The number of hydrogen-bond acceptors (Lipinski definition) is 4. The monoisotopic (exact) mass is 1140 g/mol. The van der Waals surface area contributed by atoms with E-state index in [1.54, 1.807) is 0 Å². The molecule has 0 aliphatic carbocycles. The first-order chi connectivity index (χ1) is 44.6. The van der Waals surface area contributed by atoms with E-state index >= 15 is 0 Å². The van der Waals surface area contributed by atoms with Gasteiger partial charge in [0, 0.05) is 62.2 Å². The largest absolute Gasteiger partial charge is 0.311 e. The molecule has 0 bridgehead atoms. The molecule has 0 N–H and O–H groups in total. The average Bonchev–Trinajstić information content (AvgIpc) is 0.706. The Morgan fingerprint density at radius 2 is 0.622 bits per heavy atom. The first kappa shape index (κ1) is 53.5. The maximum absolute atomic E-state index is 11.3. The Hall–Kier alpha value is -12.0. The number of fused-ring (bicyclic) bond motifs is 4. The van der Waals surface area contributed by atoms with Crippen molar-refractivity contribution in [2.24, 2.45) is 0 Å². The van der Waals surface area contributed by atoms with E-state index in [-0.39, 0.29) is 6.71 Å². The molecule has 420 valence electrons. The topological polar surface area (TPSA) is 33.5 Å². The van der Waals surface area contributed by atoms with Crippen LogP contribution in [0.1, 0.15) is 5.56 Å². The molecule has 0 saturated carbocycles. The van der Waals surface area contributed by atoms with E-state index in [4.69, 9.17) is 0 Å². The molecule has 2 aliphatic rings. The van der Waals surface area contributed by atoms with E-state index in [2.05, 4.69) is 354 Å². The molecule has 4 nitrogen and oxygen atoms in total. The quantitative estimate of drug-likeness (QED) is 0.114. The van der Waals surface area contributed by atoms with Crippen LogP contribution in [-0.2, 0) is 0 Å². The highest BCUT2D eigenvalue weighted by atomic mass is 15.2. The van der Waals surface area contributed by atoms with Gasteiger partial charge in [0.2, 0.25) is 0 Å². The fraction of sp³-hybridized carbons (Fsp3) is 0. The Balaban J connectivity index is 1.01. The summed E-state index contributed by atoms with van der Waals surface area (Å²) in [6.07, 6.45) is 0. The van der Waals surface area contributed by atoms with Crippen molar-refractivity contribution >= 4 is 74.3 Å². The van der Waals surface area contributed by atoms with Crippen LogP contribution in [0.15, 0.2) is 346 Å². The molecule has 2 heterocycles. The minimum atomic E-state index is -0.225. The smallest absolute Gasteiger partial charge is 0.252 e. The van der Waals surface area contributed by atoms with Gasteiger partial charge in [-0.05, 0) is 150 Å². The summed E-state index contributed by atoms with van der Waals surface area (Å²) >= 11 is 0. The summed E-state index contributed by atoms with van der Waals surface area (Å²) in [5.41, 5.74) is 28.5. The molecule has 0 unspecified atom stereocenters. The highest BCUT2D eigenvalue weighted by molar-refractivity contribution is 7.00. The summed E-state index contributed by atoms with van der Waals surface area (Å²) in [6, 6.07) is 128. The number of rotatable bonds is 12. The third kappa shape index (κ3) is 9.61. The lowest BCUT2D eigenvalue weighted by atomic mass is 9.33. The van der Waals surface area contributed by atoms with Gasteiger partial charge in [-0.1, -0.05) is 273 Å². The number of para-hydroxylation sites is 1. The molecule has 0 atom stereocenters. The maximum Gasteiger partial charge on any atom is 0.252 e. The lowest BCUT2D eigenvalue weighted by Gasteiger charge is -2.45. The normalized spacial score (nSPS) is 11.9. The van der Waals surface area contributed by atoms with Crippen molar-refractivity contribution in [1.82, 2.24) is 0 Å². The molecule has 0 radical (unpaired) electrons. The van der Waals surface area contributed by atoms with Gasteiger partial charge in [-0.3, -0.25) is 0 Å². The molecule has 2 aliphatic heterocycles. The minimum Gasteiger partial charge on any atom is -0.311 e. The summed E-state index contributed by atoms with van der Waals surface area (Å²) < 4.78 is 0. The van der Waals surface area contributed by atoms with Crippen LogP contribution >= 0.6 is 0 Å². The molecule has 14 aromatic rings. The summed E-state index contributed by atoms with van der Waals surface area (Å²) in [6.45, 7) is -0.225. The van der Waals surface area contributed by atoms with Crippen molar-refractivity contribution < 1.29 is 0 Å². The third-order valence-electron chi connectivity index (χ3n) is 17.8.